The first kappa shape index (κ1) is 19.3. The van der Waals surface area contributed by atoms with Gasteiger partial charge in [0.1, 0.15) is 23.0 Å². The van der Waals surface area contributed by atoms with Gasteiger partial charge >= 0.3 is 0 Å². The van der Waals surface area contributed by atoms with Crippen LogP contribution in [0.2, 0.25) is 0 Å². The number of phenols is 2. The monoisotopic (exact) mass is 412 g/mol. The lowest BCUT2D eigenvalue weighted by Gasteiger charge is -2.34. The molecule has 4 aromatic carbocycles. The largest absolute Gasteiger partial charge is 0.508 e. The van der Waals surface area contributed by atoms with E-state index in [0.29, 0.717) is 0 Å². The summed E-state index contributed by atoms with van der Waals surface area (Å²) in [4.78, 5) is 0. The predicted molar refractivity (Wildman–Crippen MR) is 122 cm³/mol. The number of ether oxygens (including phenoxy) is 2. The maximum Gasteiger partial charge on any atom is 0.120 e. The minimum atomic E-state index is -0.0176. The van der Waals surface area contributed by atoms with Crippen LogP contribution in [0.4, 0.5) is 0 Å². The molecule has 0 saturated carbocycles. The predicted octanol–water partition coefficient (Wildman–Crippen LogP) is 5.94. The third-order valence-corrected chi connectivity index (χ3v) is 6.43. The smallest absolute Gasteiger partial charge is 0.120 e. The highest BCUT2D eigenvalue weighted by Gasteiger charge is 2.34. The zero-order chi connectivity index (χ0) is 21.5. The zero-order valence-electron chi connectivity index (χ0n) is 17.5. The maximum absolute atomic E-state index is 10.9. The van der Waals surface area contributed by atoms with Gasteiger partial charge in [0.15, 0.2) is 0 Å². The molecule has 0 fully saturated rings. The molecule has 2 N–H and O–H groups in total. The minimum Gasteiger partial charge on any atom is -0.508 e. The summed E-state index contributed by atoms with van der Waals surface area (Å²) in [6, 6.07) is 23.4. The molecule has 4 aromatic rings. The summed E-state index contributed by atoms with van der Waals surface area (Å²) in [5.74, 6) is 2.08. The Kier molecular flexibility index (Phi) is 4.70. The van der Waals surface area contributed by atoms with Crippen LogP contribution in [0.25, 0.3) is 10.8 Å². The SMILES string of the molecule is COc1ccc([C@@H]2C[C@@H](c3ccc(OC)cc3)c3c(O)ccc4ccc(O)c2c34)cc1. The van der Waals surface area contributed by atoms with E-state index in [-0.39, 0.29) is 23.3 Å². The normalized spacial score (nSPS) is 17.5. The molecule has 1 aliphatic rings. The average Bonchev–Trinajstić information content (AvgIpc) is 2.82. The van der Waals surface area contributed by atoms with Gasteiger partial charge in [-0.3, -0.25) is 0 Å². The third kappa shape index (κ3) is 3.15. The van der Waals surface area contributed by atoms with Crippen LogP contribution < -0.4 is 9.47 Å². The van der Waals surface area contributed by atoms with Crippen LogP contribution in [0, 0.1) is 0 Å². The van der Waals surface area contributed by atoms with Crippen molar-refractivity contribution in [2.24, 2.45) is 0 Å². The second-order valence-corrected chi connectivity index (χ2v) is 7.98. The zero-order valence-corrected chi connectivity index (χ0v) is 17.5. The quantitative estimate of drug-likeness (QED) is 0.436. The van der Waals surface area contributed by atoms with E-state index in [1.54, 1.807) is 26.4 Å². The molecule has 0 saturated heterocycles. The summed E-state index contributed by atoms with van der Waals surface area (Å²) < 4.78 is 10.7. The molecule has 0 bridgehead atoms. The van der Waals surface area contributed by atoms with Crippen molar-refractivity contribution in [3.63, 3.8) is 0 Å². The molecule has 0 amide bonds. The van der Waals surface area contributed by atoms with Gasteiger partial charge in [-0.15, -0.1) is 0 Å². The highest BCUT2D eigenvalue weighted by atomic mass is 16.5. The molecule has 1 aliphatic carbocycles. The molecule has 0 aliphatic heterocycles. The fourth-order valence-electron chi connectivity index (χ4n) is 4.91. The number of benzene rings is 4. The van der Waals surface area contributed by atoms with Gasteiger partial charge in [0.05, 0.1) is 14.2 Å². The van der Waals surface area contributed by atoms with Gasteiger partial charge in [-0.1, -0.05) is 36.4 Å². The van der Waals surface area contributed by atoms with Crippen molar-refractivity contribution in [2.75, 3.05) is 14.2 Å². The molecule has 0 aromatic heterocycles. The number of hydrogen-bond donors (Lipinski definition) is 2. The van der Waals surface area contributed by atoms with Crippen LogP contribution >= 0.6 is 0 Å². The summed E-state index contributed by atoms with van der Waals surface area (Å²) in [5.41, 5.74) is 3.96. The van der Waals surface area contributed by atoms with Crippen molar-refractivity contribution in [3.05, 3.63) is 95.1 Å². The van der Waals surface area contributed by atoms with Crippen LogP contribution in [0.1, 0.15) is 40.5 Å². The van der Waals surface area contributed by atoms with Gasteiger partial charge in [0.25, 0.3) is 0 Å². The van der Waals surface area contributed by atoms with Crippen LogP contribution in [0.15, 0.2) is 72.8 Å². The van der Waals surface area contributed by atoms with Gasteiger partial charge in [0.2, 0.25) is 0 Å². The summed E-state index contributed by atoms with van der Waals surface area (Å²) in [6.07, 6.45) is 0.732. The Morgan fingerprint density at radius 2 is 1.03 bits per heavy atom. The standard InChI is InChI=1S/C27H24O4/c1-30-19-9-3-16(4-10-19)21-15-22(17-5-11-20(31-2)12-6-17)27-24(29)14-8-18-7-13-23(28)26(21)25(18)27/h3-14,21-22,28-29H,15H2,1-2H3/t21-,22-/m0/s1. The summed E-state index contributed by atoms with van der Waals surface area (Å²) in [5, 5.41) is 23.7. The van der Waals surface area contributed by atoms with E-state index in [9.17, 15) is 10.2 Å². The lowest BCUT2D eigenvalue weighted by atomic mass is 9.70. The van der Waals surface area contributed by atoms with E-state index in [2.05, 4.69) is 24.3 Å². The van der Waals surface area contributed by atoms with E-state index in [4.69, 9.17) is 9.47 Å². The van der Waals surface area contributed by atoms with Crippen LogP contribution in [0.5, 0.6) is 23.0 Å². The first-order valence-corrected chi connectivity index (χ1v) is 10.4. The van der Waals surface area contributed by atoms with Gasteiger partial charge in [-0.2, -0.15) is 0 Å². The number of aromatic hydroxyl groups is 2. The average molecular weight is 412 g/mol. The van der Waals surface area contributed by atoms with E-state index >= 15 is 0 Å². The van der Waals surface area contributed by atoms with E-state index in [0.717, 1.165) is 50.9 Å². The molecular formula is C27H24O4. The van der Waals surface area contributed by atoms with Gasteiger partial charge in [-0.05, 0) is 64.7 Å². The highest BCUT2D eigenvalue weighted by molar-refractivity contribution is 5.95. The van der Waals surface area contributed by atoms with Crippen LogP contribution in [0.3, 0.4) is 0 Å². The molecule has 5 rings (SSSR count). The highest BCUT2D eigenvalue weighted by Crippen LogP contribution is 2.53. The van der Waals surface area contributed by atoms with E-state index < -0.39 is 0 Å². The van der Waals surface area contributed by atoms with Gasteiger partial charge < -0.3 is 19.7 Å². The van der Waals surface area contributed by atoms with Crippen LogP contribution in [-0.2, 0) is 0 Å². The Balaban J connectivity index is 1.76. The van der Waals surface area contributed by atoms with Crippen LogP contribution in [-0.4, -0.2) is 24.4 Å². The molecule has 2 atom stereocenters. The summed E-state index contributed by atoms with van der Waals surface area (Å²) in [6.45, 7) is 0. The Hall–Kier alpha value is -3.66. The topological polar surface area (TPSA) is 58.9 Å². The molecule has 31 heavy (non-hydrogen) atoms. The Bertz CT molecular complexity index is 1150. The minimum absolute atomic E-state index is 0.0176. The number of phenolic OH excluding ortho intramolecular Hbond substituents is 2. The first-order valence-electron chi connectivity index (χ1n) is 10.4. The van der Waals surface area contributed by atoms with Crippen molar-refractivity contribution in [3.8, 4) is 23.0 Å². The molecule has 4 nitrogen and oxygen atoms in total. The number of hydrogen-bond acceptors (Lipinski definition) is 4. The first-order chi connectivity index (χ1) is 15.1. The fourth-order valence-corrected chi connectivity index (χ4v) is 4.91. The van der Waals surface area contributed by atoms with Crippen molar-refractivity contribution in [1.29, 1.82) is 0 Å². The second-order valence-electron chi connectivity index (χ2n) is 7.98. The lowest BCUT2D eigenvalue weighted by molar-refractivity contribution is 0.414. The number of rotatable bonds is 4. The van der Waals surface area contributed by atoms with Crippen molar-refractivity contribution >= 4 is 10.8 Å². The van der Waals surface area contributed by atoms with Gasteiger partial charge in [-0.25, -0.2) is 0 Å². The fraction of sp³-hybridized carbons (Fsp3) is 0.185. The van der Waals surface area contributed by atoms with E-state index in [1.165, 1.54) is 0 Å². The molecule has 0 radical (unpaired) electrons. The molecule has 0 heterocycles. The summed E-state index contributed by atoms with van der Waals surface area (Å²) in [7, 11) is 3.31. The Morgan fingerprint density at radius 1 is 0.613 bits per heavy atom. The van der Waals surface area contributed by atoms with Crippen molar-refractivity contribution in [1.82, 2.24) is 0 Å². The molecule has 4 heteroatoms. The van der Waals surface area contributed by atoms with Crippen molar-refractivity contribution in [2.45, 2.75) is 18.3 Å². The molecular weight excluding hydrogens is 388 g/mol. The molecule has 156 valence electrons. The van der Waals surface area contributed by atoms with E-state index in [1.807, 2.05) is 36.4 Å². The Labute approximate surface area is 181 Å². The number of methoxy groups -OCH3 is 2. The lowest BCUT2D eigenvalue weighted by Crippen LogP contribution is -2.16. The Morgan fingerprint density at radius 3 is 1.42 bits per heavy atom. The van der Waals surface area contributed by atoms with Gasteiger partial charge in [0, 0.05) is 23.0 Å². The van der Waals surface area contributed by atoms with Crippen molar-refractivity contribution < 1.29 is 19.7 Å². The maximum atomic E-state index is 10.9. The molecule has 0 unspecified atom stereocenters. The second kappa shape index (κ2) is 7.55. The molecule has 0 spiro atoms. The summed E-state index contributed by atoms with van der Waals surface area (Å²) >= 11 is 0. The third-order valence-electron chi connectivity index (χ3n) is 6.43.